The van der Waals surface area contributed by atoms with Gasteiger partial charge in [-0.2, -0.15) is 0 Å². The molecule has 0 unspecified atom stereocenters. The van der Waals surface area contributed by atoms with E-state index in [2.05, 4.69) is 28.1 Å². The minimum atomic E-state index is 0. The summed E-state index contributed by atoms with van der Waals surface area (Å²) in [4.78, 5) is 0. The molecule has 0 aromatic carbocycles. The van der Waals surface area contributed by atoms with E-state index >= 15 is 0 Å². The van der Waals surface area contributed by atoms with Gasteiger partial charge >= 0.3 is 28.1 Å². The molecule has 0 saturated carbocycles. The van der Waals surface area contributed by atoms with Gasteiger partial charge in [-0.05, 0) is 0 Å². The Morgan fingerprint density at radius 3 is 0.500 bits per heavy atom. The van der Waals surface area contributed by atoms with E-state index in [0.29, 0.717) is 0 Å². The fourth-order valence-electron chi connectivity index (χ4n) is 0. The van der Waals surface area contributed by atoms with Gasteiger partial charge in [0.2, 0.25) is 0 Å². The van der Waals surface area contributed by atoms with E-state index in [0.717, 1.165) is 0 Å². The molecular weight excluding hydrogens is 235 g/mol. The summed E-state index contributed by atoms with van der Waals surface area (Å²) in [6.45, 7) is 0. The van der Waals surface area contributed by atoms with Gasteiger partial charge in [-0.15, -0.1) is 0 Å². The average molecular weight is 247 g/mol. The first kappa shape index (κ1) is 172. The summed E-state index contributed by atoms with van der Waals surface area (Å²) in [5, 5.41) is 0. The van der Waals surface area contributed by atoms with Crippen LogP contribution in [0.25, 0.3) is 0 Å². The molecule has 0 atom stereocenters. The van der Waals surface area contributed by atoms with Crippen LogP contribution in [0.1, 0.15) is 0 Å². The molecular formula is H12BrCoO6. The Morgan fingerprint density at radius 2 is 0.500 bits per heavy atom. The summed E-state index contributed by atoms with van der Waals surface area (Å²) in [5.41, 5.74) is 0. The quantitative estimate of drug-likeness (QED) is 0.402. The summed E-state index contributed by atoms with van der Waals surface area (Å²) in [5.74, 6) is 0. The van der Waals surface area contributed by atoms with E-state index in [4.69, 9.17) is 0 Å². The minimum absolute atomic E-state index is 0. The number of hydrogen-bond acceptors (Lipinski definition) is 0. The molecule has 0 saturated heterocycles. The second kappa shape index (κ2) is 633. The van der Waals surface area contributed by atoms with Crippen molar-refractivity contribution in [1.29, 1.82) is 0 Å². The van der Waals surface area contributed by atoms with Crippen molar-refractivity contribution >= 4 is 14.2 Å². The van der Waals surface area contributed by atoms with E-state index in [-0.39, 0.29) is 32.9 Å². The van der Waals surface area contributed by atoms with Crippen molar-refractivity contribution in [3.8, 4) is 0 Å². The standard InChI is InChI=1S/BrH.Co.6H2O/h1H;;6*1H2/q;+1;;;;;;/p-1. The zero-order valence-electron chi connectivity index (χ0n) is 3.71. The SMILES string of the molecule is O.O.O.O.O.O.[Co][Br]. The van der Waals surface area contributed by atoms with Crippen LogP contribution in [0.15, 0.2) is 0 Å². The number of halogens is 1. The number of rotatable bonds is 0. The Balaban J connectivity index is -0.000000000333. The first-order chi connectivity index (χ1) is 1.00. The van der Waals surface area contributed by atoms with Gasteiger partial charge in [0.15, 0.2) is 0 Å². The fourth-order valence-corrected chi connectivity index (χ4v) is 0. The maximum absolute atomic E-state index is 3.38. The molecule has 0 radical (unpaired) electrons. The Kier molecular flexibility index (Phi) is 13600. The summed E-state index contributed by atoms with van der Waals surface area (Å²) < 4.78 is 0. The Labute approximate surface area is 61.4 Å². The van der Waals surface area contributed by atoms with Crippen molar-refractivity contribution in [2.75, 3.05) is 0 Å². The summed E-state index contributed by atoms with van der Waals surface area (Å²) in [6.07, 6.45) is 0. The van der Waals surface area contributed by atoms with Crippen LogP contribution in [0.3, 0.4) is 0 Å². The molecule has 0 aliphatic carbocycles. The Morgan fingerprint density at radius 1 is 0.500 bits per heavy atom. The van der Waals surface area contributed by atoms with Crippen LogP contribution < -0.4 is 0 Å². The predicted molar refractivity (Wildman–Crippen MR) is 30.6 cm³/mol. The molecule has 6 nitrogen and oxygen atoms in total. The molecule has 0 spiro atoms. The molecule has 0 aliphatic rings. The van der Waals surface area contributed by atoms with Crippen LogP contribution in [-0.2, 0) is 13.9 Å². The van der Waals surface area contributed by atoms with Crippen molar-refractivity contribution in [2.45, 2.75) is 0 Å². The molecule has 0 aromatic rings. The average Bonchev–Trinajstić information content (AvgIpc) is 1.00. The van der Waals surface area contributed by atoms with Gasteiger partial charge in [-0.1, -0.05) is 0 Å². The molecule has 0 aliphatic heterocycles. The van der Waals surface area contributed by atoms with Gasteiger partial charge in [-0.3, -0.25) is 0 Å². The van der Waals surface area contributed by atoms with Gasteiger partial charge in [0.05, 0.1) is 0 Å². The van der Waals surface area contributed by atoms with Crippen LogP contribution in [0.4, 0.5) is 0 Å². The zero-order chi connectivity index (χ0) is 2.00. The molecule has 0 fully saturated rings. The van der Waals surface area contributed by atoms with Gasteiger partial charge in [-0.25, -0.2) is 0 Å². The zero-order valence-corrected chi connectivity index (χ0v) is 6.34. The number of hydrogen-bond donors (Lipinski definition) is 0. The predicted octanol–water partition coefficient (Wildman–Crippen LogP) is -4.11. The Hall–Kier alpha value is 0.746. The fraction of sp³-hybridized carbons (Fsp3) is 0. The summed E-state index contributed by atoms with van der Waals surface area (Å²) >= 11 is 6.00. The molecule has 0 bridgehead atoms. The van der Waals surface area contributed by atoms with E-state index in [9.17, 15) is 0 Å². The third-order valence-electron chi connectivity index (χ3n) is 0. The van der Waals surface area contributed by atoms with Crippen molar-refractivity contribution < 1.29 is 46.8 Å². The summed E-state index contributed by atoms with van der Waals surface area (Å²) in [7, 11) is 0. The van der Waals surface area contributed by atoms with Crippen LogP contribution in [0.2, 0.25) is 0 Å². The third kappa shape index (κ3) is 400. The van der Waals surface area contributed by atoms with Crippen molar-refractivity contribution in [3.05, 3.63) is 0 Å². The molecule has 0 aromatic heterocycles. The molecule has 0 amide bonds. The molecule has 0 rings (SSSR count). The third-order valence-corrected chi connectivity index (χ3v) is 0. The molecule has 0 heterocycles. The Bertz CT molecular complexity index is 8.49. The maximum atomic E-state index is 3.38. The molecule has 8 heavy (non-hydrogen) atoms. The van der Waals surface area contributed by atoms with Crippen LogP contribution in [-0.4, -0.2) is 32.9 Å². The van der Waals surface area contributed by atoms with Crippen molar-refractivity contribution in [3.63, 3.8) is 0 Å². The molecule has 8 heteroatoms. The van der Waals surface area contributed by atoms with Gasteiger partial charge in [0.1, 0.15) is 0 Å². The molecule has 64 valence electrons. The van der Waals surface area contributed by atoms with Crippen molar-refractivity contribution in [2.24, 2.45) is 0 Å². The second-order valence-corrected chi connectivity index (χ2v) is 0. The van der Waals surface area contributed by atoms with Gasteiger partial charge in [0, 0.05) is 0 Å². The van der Waals surface area contributed by atoms with E-state index in [1.807, 2.05) is 0 Å². The first-order valence-electron chi connectivity index (χ1n) is 0.126. The summed E-state index contributed by atoms with van der Waals surface area (Å²) in [6, 6.07) is 0. The van der Waals surface area contributed by atoms with Gasteiger partial charge in [0.25, 0.3) is 0 Å². The normalized spacial score (nSPS) is 0.875. The van der Waals surface area contributed by atoms with E-state index in [1.54, 1.807) is 0 Å². The van der Waals surface area contributed by atoms with Crippen LogP contribution >= 0.6 is 14.2 Å². The monoisotopic (exact) mass is 246 g/mol. The second-order valence-electron chi connectivity index (χ2n) is 0. The van der Waals surface area contributed by atoms with Gasteiger partial charge < -0.3 is 32.9 Å². The van der Waals surface area contributed by atoms with Crippen LogP contribution in [0.5, 0.6) is 0 Å². The first-order valence-corrected chi connectivity index (χ1v) is 2.70. The molecule has 12 N–H and O–H groups in total. The van der Waals surface area contributed by atoms with Crippen molar-refractivity contribution in [1.82, 2.24) is 0 Å². The topological polar surface area (TPSA) is 189 Å². The van der Waals surface area contributed by atoms with Crippen LogP contribution in [0, 0.1) is 0 Å². The van der Waals surface area contributed by atoms with E-state index < -0.39 is 0 Å². The van der Waals surface area contributed by atoms with E-state index in [1.165, 1.54) is 0 Å².